The highest BCUT2D eigenvalue weighted by Crippen LogP contribution is 2.34. The Labute approximate surface area is 222 Å². The lowest BCUT2D eigenvalue weighted by atomic mass is 10.1. The quantitative estimate of drug-likeness (QED) is 0.157. The van der Waals surface area contributed by atoms with E-state index in [2.05, 4.69) is 148 Å². The van der Waals surface area contributed by atoms with Crippen molar-refractivity contribution in [3.05, 3.63) is 156 Å². The van der Waals surface area contributed by atoms with E-state index in [0.29, 0.717) is 0 Å². The van der Waals surface area contributed by atoms with Crippen LogP contribution in [-0.4, -0.2) is 0 Å². The van der Waals surface area contributed by atoms with Crippen LogP contribution in [0.2, 0.25) is 0 Å². The van der Waals surface area contributed by atoms with Crippen molar-refractivity contribution >= 4 is 21.8 Å². The van der Waals surface area contributed by atoms with E-state index < -0.39 is 0 Å². The minimum absolute atomic E-state index is 0.164. The van der Waals surface area contributed by atoms with Crippen molar-refractivity contribution in [3.8, 4) is 11.1 Å². The molecule has 4 aromatic rings. The highest BCUT2D eigenvalue weighted by molar-refractivity contribution is 8.01. The number of allylic oxidation sites excluding steroid dienone is 4. The first kappa shape index (κ1) is 25.6. The molecule has 0 N–H and O–H groups in total. The second kappa shape index (κ2) is 12.5. The summed E-state index contributed by atoms with van der Waals surface area (Å²) in [6.07, 6.45) is 8.30. The van der Waals surface area contributed by atoms with Gasteiger partial charge in [0.25, 0.3) is 0 Å². The lowest BCUT2D eigenvalue weighted by Crippen LogP contribution is -2.06. The summed E-state index contributed by atoms with van der Waals surface area (Å²) in [5.41, 5.74) is 2.44. The summed E-state index contributed by atoms with van der Waals surface area (Å²) in [5, 5.41) is 0. The van der Waals surface area contributed by atoms with E-state index in [1.54, 1.807) is 0 Å². The minimum Gasteiger partial charge on any atom is -0.0941 e. The van der Waals surface area contributed by atoms with Crippen LogP contribution in [0.5, 0.6) is 0 Å². The molecule has 36 heavy (non-hydrogen) atoms. The zero-order valence-electron chi connectivity index (χ0n) is 20.9. The van der Waals surface area contributed by atoms with Crippen LogP contribution in [0.25, 0.3) is 11.1 Å². The van der Waals surface area contributed by atoms with E-state index in [-0.39, 0.29) is 21.8 Å². The SMILES string of the molecule is C=C/C(=C\C)[S+](c1ccccc1)c1ccc(-c2ccc([S+](/C(C=C)=C/C)c3ccccc3)cc2)cc1. The molecule has 178 valence electrons. The molecular weight excluding hydrogens is 473 g/mol. The van der Waals surface area contributed by atoms with E-state index in [1.165, 1.54) is 40.5 Å². The molecule has 0 saturated heterocycles. The molecule has 2 heteroatoms. The fraction of sp³-hybridized carbons (Fsp3) is 0.0588. The fourth-order valence-corrected chi connectivity index (χ4v) is 8.25. The molecule has 0 saturated carbocycles. The first-order valence-electron chi connectivity index (χ1n) is 12.1. The molecule has 0 aliphatic carbocycles. The van der Waals surface area contributed by atoms with E-state index in [9.17, 15) is 0 Å². The van der Waals surface area contributed by atoms with Crippen molar-refractivity contribution in [1.82, 2.24) is 0 Å². The highest BCUT2D eigenvalue weighted by atomic mass is 32.2. The first-order chi connectivity index (χ1) is 17.7. The topological polar surface area (TPSA) is 0 Å². The summed E-state index contributed by atoms with van der Waals surface area (Å²) in [7, 11) is -0.328. The van der Waals surface area contributed by atoms with Gasteiger partial charge in [-0.1, -0.05) is 49.6 Å². The Bertz CT molecular complexity index is 1240. The molecule has 0 radical (unpaired) electrons. The smallest absolute Gasteiger partial charge is 0.0941 e. The molecule has 2 atom stereocenters. The van der Waals surface area contributed by atoms with Crippen LogP contribution in [-0.2, 0) is 21.8 Å². The summed E-state index contributed by atoms with van der Waals surface area (Å²) < 4.78 is 0. The third-order valence-electron chi connectivity index (χ3n) is 5.91. The number of rotatable bonds is 9. The third kappa shape index (κ3) is 5.67. The summed E-state index contributed by atoms with van der Waals surface area (Å²) in [6, 6.07) is 39.4. The van der Waals surface area contributed by atoms with Crippen LogP contribution in [0.15, 0.2) is 176 Å². The molecule has 4 aromatic carbocycles. The standard InChI is InChI=1S/C34H32S2/c1-5-29(6-2)35(31-15-11-9-12-16-31)33-23-19-27(20-24-33)28-21-25-34(26-22-28)36(30(7-3)8-4)32-17-13-10-14-18-32/h5-26H,1,3H2,2,4H3/q+2/b29-6+,30-8+. The summed E-state index contributed by atoms with van der Waals surface area (Å²) >= 11 is 0. The Morgan fingerprint density at radius 2 is 0.778 bits per heavy atom. The van der Waals surface area contributed by atoms with Crippen LogP contribution in [0.3, 0.4) is 0 Å². The Kier molecular flexibility index (Phi) is 8.89. The molecular formula is C34H32S2+2. The lowest BCUT2D eigenvalue weighted by Gasteiger charge is -2.10. The predicted octanol–water partition coefficient (Wildman–Crippen LogP) is 9.61. The Morgan fingerprint density at radius 1 is 0.472 bits per heavy atom. The van der Waals surface area contributed by atoms with Gasteiger partial charge in [0.2, 0.25) is 0 Å². The van der Waals surface area contributed by atoms with Crippen LogP contribution < -0.4 is 0 Å². The summed E-state index contributed by atoms with van der Waals surface area (Å²) in [4.78, 5) is 7.68. The Morgan fingerprint density at radius 3 is 1.06 bits per heavy atom. The van der Waals surface area contributed by atoms with Crippen molar-refractivity contribution < 1.29 is 0 Å². The molecule has 0 spiro atoms. The molecule has 0 nitrogen and oxygen atoms in total. The maximum Gasteiger partial charge on any atom is 0.166 e. The van der Waals surface area contributed by atoms with Crippen LogP contribution in [0.4, 0.5) is 0 Å². The molecule has 0 fully saturated rings. The zero-order valence-corrected chi connectivity index (χ0v) is 22.6. The number of benzene rings is 4. The fourth-order valence-electron chi connectivity index (χ4n) is 4.13. The van der Waals surface area contributed by atoms with Crippen LogP contribution in [0.1, 0.15) is 13.8 Å². The average molecular weight is 505 g/mol. The molecule has 0 aliphatic rings. The predicted molar refractivity (Wildman–Crippen MR) is 160 cm³/mol. The summed E-state index contributed by atoms with van der Waals surface area (Å²) in [6.45, 7) is 12.3. The van der Waals surface area contributed by atoms with Crippen molar-refractivity contribution in [2.24, 2.45) is 0 Å². The summed E-state index contributed by atoms with van der Waals surface area (Å²) in [5.74, 6) is 0. The van der Waals surface area contributed by atoms with E-state index >= 15 is 0 Å². The van der Waals surface area contributed by atoms with Gasteiger partial charge in [0.05, 0.1) is 21.8 Å². The second-order valence-electron chi connectivity index (χ2n) is 8.08. The molecule has 2 unspecified atom stereocenters. The molecule has 4 rings (SSSR count). The van der Waals surface area contributed by atoms with Crippen molar-refractivity contribution in [3.63, 3.8) is 0 Å². The van der Waals surface area contributed by atoms with Gasteiger partial charge in [-0.25, -0.2) is 0 Å². The molecule has 0 amide bonds. The normalized spacial score (nSPS) is 13.6. The van der Waals surface area contributed by atoms with Gasteiger partial charge in [0.1, 0.15) is 0 Å². The van der Waals surface area contributed by atoms with Crippen molar-refractivity contribution in [2.45, 2.75) is 33.4 Å². The van der Waals surface area contributed by atoms with Gasteiger partial charge >= 0.3 is 0 Å². The Balaban J connectivity index is 1.65. The van der Waals surface area contributed by atoms with Gasteiger partial charge in [-0.05, 0) is 122 Å². The van der Waals surface area contributed by atoms with Gasteiger partial charge in [-0.3, -0.25) is 0 Å². The van der Waals surface area contributed by atoms with Crippen molar-refractivity contribution in [2.75, 3.05) is 0 Å². The van der Waals surface area contributed by atoms with E-state index in [0.717, 1.165) is 0 Å². The number of hydrogen-bond acceptors (Lipinski definition) is 0. The van der Waals surface area contributed by atoms with Gasteiger partial charge in [-0.15, -0.1) is 0 Å². The highest BCUT2D eigenvalue weighted by Gasteiger charge is 2.30. The van der Waals surface area contributed by atoms with Crippen LogP contribution in [0, 0.1) is 0 Å². The molecule has 0 bridgehead atoms. The minimum atomic E-state index is -0.164. The number of hydrogen-bond donors (Lipinski definition) is 0. The zero-order chi connectivity index (χ0) is 25.3. The molecule has 0 aromatic heterocycles. The average Bonchev–Trinajstić information content (AvgIpc) is 2.96. The van der Waals surface area contributed by atoms with Crippen LogP contribution >= 0.6 is 0 Å². The largest absolute Gasteiger partial charge is 0.166 e. The third-order valence-corrected chi connectivity index (χ3v) is 10.6. The maximum absolute atomic E-state index is 4.07. The van der Waals surface area contributed by atoms with Gasteiger partial charge in [0.15, 0.2) is 29.4 Å². The second-order valence-corrected chi connectivity index (χ2v) is 12.1. The lowest BCUT2D eigenvalue weighted by molar-refractivity contribution is 1.36. The van der Waals surface area contributed by atoms with Gasteiger partial charge < -0.3 is 0 Å². The Hall–Kier alpha value is -3.46. The molecule has 0 aliphatic heterocycles. The van der Waals surface area contributed by atoms with Crippen molar-refractivity contribution in [1.29, 1.82) is 0 Å². The van der Waals surface area contributed by atoms with E-state index in [4.69, 9.17) is 0 Å². The molecule has 0 heterocycles. The first-order valence-corrected chi connectivity index (χ1v) is 14.5. The van der Waals surface area contributed by atoms with E-state index in [1.807, 2.05) is 12.2 Å². The maximum atomic E-state index is 4.07. The van der Waals surface area contributed by atoms with Gasteiger partial charge in [-0.2, -0.15) is 0 Å². The monoisotopic (exact) mass is 504 g/mol. The van der Waals surface area contributed by atoms with Gasteiger partial charge in [0, 0.05) is 0 Å².